The fourth-order valence-electron chi connectivity index (χ4n) is 1.99. The van der Waals surface area contributed by atoms with Crippen LogP contribution in [0.4, 0.5) is 0 Å². The van der Waals surface area contributed by atoms with Crippen LogP contribution in [0.25, 0.3) is 0 Å². The van der Waals surface area contributed by atoms with Crippen LogP contribution < -0.4 is 0 Å². The van der Waals surface area contributed by atoms with Crippen molar-refractivity contribution >= 4 is 5.97 Å². The van der Waals surface area contributed by atoms with Crippen LogP contribution in [0.3, 0.4) is 0 Å². The monoisotopic (exact) mass is 304 g/mol. The molecule has 0 spiro atoms. The molecule has 124 valence electrons. The van der Waals surface area contributed by atoms with Crippen molar-refractivity contribution in [3.63, 3.8) is 0 Å². The Morgan fingerprint density at radius 3 is 1.91 bits per heavy atom. The summed E-state index contributed by atoms with van der Waals surface area (Å²) in [6.45, 7) is 8.15. The second-order valence-electron chi connectivity index (χ2n) is 5.42. The van der Waals surface area contributed by atoms with Crippen molar-refractivity contribution in [3.8, 4) is 0 Å². The van der Waals surface area contributed by atoms with Crippen LogP contribution in [0.1, 0.15) is 70.8 Å². The normalized spacial score (nSPS) is 9.55. The minimum Gasteiger partial charge on any atom is -0.458 e. The molecule has 0 unspecified atom stereocenters. The molecule has 0 aliphatic rings. The van der Waals surface area contributed by atoms with Gasteiger partial charge in [-0.2, -0.15) is 0 Å². The van der Waals surface area contributed by atoms with Gasteiger partial charge in [-0.25, -0.2) is 4.79 Å². The molecule has 0 saturated carbocycles. The molecule has 1 aromatic carbocycles. The Kier molecular flexibility index (Phi) is 14.7. The van der Waals surface area contributed by atoms with Crippen LogP contribution >= 0.6 is 0 Å². The first kappa shape index (κ1) is 20.4. The van der Waals surface area contributed by atoms with Gasteiger partial charge in [0.05, 0.1) is 0 Å². The lowest BCUT2D eigenvalue weighted by Gasteiger charge is -2.00. The minimum absolute atomic E-state index is 0.311. The fraction of sp³-hybridized carbons (Fsp3) is 0.550. The number of carbonyl (C=O) groups excluding carboxylic acids is 1. The largest absolute Gasteiger partial charge is 0.458 e. The SMILES string of the molecule is C=CC(=O)OCc1ccccc1.CCCCCCCCCC. The van der Waals surface area contributed by atoms with E-state index in [0.29, 0.717) is 6.61 Å². The first-order chi connectivity index (χ1) is 10.7. The molecule has 2 nitrogen and oxygen atoms in total. The molecular formula is C20H32O2. The third-order valence-corrected chi connectivity index (χ3v) is 3.35. The Morgan fingerprint density at radius 2 is 1.45 bits per heavy atom. The Labute approximate surface area is 136 Å². The van der Waals surface area contributed by atoms with E-state index in [2.05, 4.69) is 20.4 Å². The number of esters is 1. The molecule has 0 aromatic heterocycles. The van der Waals surface area contributed by atoms with Gasteiger partial charge in [0.25, 0.3) is 0 Å². The van der Waals surface area contributed by atoms with E-state index < -0.39 is 0 Å². The van der Waals surface area contributed by atoms with E-state index in [1.54, 1.807) is 0 Å². The van der Waals surface area contributed by atoms with E-state index in [1.165, 1.54) is 51.4 Å². The van der Waals surface area contributed by atoms with Gasteiger partial charge in [0.1, 0.15) is 6.61 Å². The molecule has 0 fully saturated rings. The summed E-state index contributed by atoms with van der Waals surface area (Å²) in [5, 5.41) is 0. The van der Waals surface area contributed by atoms with E-state index in [9.17, 15) is 4.79 Å². The Hall–Kier alpha value is -1.57. The molecule has 1 rings (SSSR count). The highest BCUT2D eigenvalue weighted by atomic mass is 16.5. The Balaban J connectivity index is 0.000000409. The average molecular weight is 304 g/mol. The predicted molar refractivity (Wildman–Crippen MR) is 94.7 cm³/mol. The summed E-state index contributed by atoms with van der Waals surface area (Å²) in [7, 11) is 0. The molecule has 0 aliphatic carbocycles. The summed E-state index contributed by atoms with van der Waals surface area (Å²) in [5.74, 6) is -0.390. The van der Waals surface area contributed by atoms with Crippen molar-refractivity contribution in [2.75, 3.05) is 0 Å². The molecule has 0 heterocycles. The van der Waals surface area contributed by atoms with Crippen molar-refractivity contribution in [2.24, 2.45) is 0 Å². The van der Waals surface area contributed by atoms with Crippen LogP contribution in [0.15, 0.2) is 43.0 Å². The molecule has 0 bridgehead atoms. The number of unbranched alkanes of at least 4 members (excludes halogenated alkanes) is 7. The number of rotatable bonds is 10. The van der Waals surface area contributed by atoms with Crippen LogP contribution in [0.5, 0.6) is 0 Å². The quantitative estimate of drug-likeness (QED) is 0.298. The maximum Gasteiger partial charge on any atom is 0.330 e. The van der Waals surface area contributed by atoms with Crippen LogP contribution in [-0.4, -0.2) is 5.97 Å². The van der Waals surface area contributed by atoms with Gasteiger partial charge < -0.3 is 4.74 Å². The first-order valence-electron chi connectivity index (χ1n) is 8.57. The van der Waals surface area contributed by atoms with Crippen molar-refractivity contribution < 1.29 is 9.53 Å². The van der Waals surface area contributed by atoms with Gasteiger partial charge in [0.2, 0.25) is 0 Å². The van der Waals surface area contributed by atoms with Crippen molar-refractivity contribution in [3.05, 3.63) is 48.6 Å². The average Bonchev–Trinajstić information content (AvgIpc) is 2.57. The lowest BCUT2D eigenvalue weighted by atomic mass is 10.1. The zero-order chi connectivity index (χ0) is 16.5. The molecule has 2 heteroatoms. The van der Waals surface area contributed by atoms with E-state index in [-0.39, 0.29) is 5.97 Å². The lowest BCUT2D eigenvalue weighted by Crippen LogP contribution is -1.99. The third kappa shape index (κ3) is 13.4. The Morgan fingerprint density at radius 1 is 0.955 bits per heavy atom. The third-order valence-electron chi connectivity index (χ3n) is 3.35. The first-order valence-corrected chi connectivity index (χ1v) is 8.57. The molecule has 0 atom stereocenters. The van der Waals surface area contributed by atoms with Crippen molar-refractivity contribution in [2.45, 2.75) is 71.8 Å². The van der Waals surface area contributed by atoms with Crippen LogP contribution in [0.2, 0.25) is 0 Å². The summed E-state index contributed by atoms with van der Waals surface area (Å²) in [5.41, 5.74) is 0.979. The molecule has 22 heavy (non-hydrogen) atoms. The smallest absolute Gasteiger partial charge is 0.330 e. The highest BCUT2D eigenvalue weighted by Crippen LogP contribution is 2.07. The van der Waals surface area contributed by atoms with Gasteiger partial charge in [-0.3, -0.25) is 0 Å². The zero-order valence-electron chi connectivity index (χ0n) is 14.4. The summed E-state index contributed by atoms with van der Waals surface area (Å²) < 4.78 is 4.82. The molecule has 1 aromatic rings. The summed E-state index contributed by atoms with van der Waals surface area (Å²) in [6, 6.07) is 9.51. The minimum atomic E-state index is -0.390. The maximum absolute atomic E-state index is 10.6. The number of hydrogen-bond donors (Lipinski definition) is 0. The number of hydrogen-bond acceptors (Lipinski definition) is 2. The predicted octanol–water partition coefficient (Wildman–Crippen LogP) is 6.06. The second kappa shape index (κ2) is 15.8. The van der Waals surface area contributed by atoms with E-state index >= 15 is 0 Å². The zero-order valence-corrected chi connectivity index (χ0v) is 14.4. The summed E-state index contributed by atoms with van der Waals surface area (Å²) in [4.78, 5) is 10.6. The maximum atomic E-state index is 10.6. The molecule has 0 amide bonds. The highest BCUT2D eigenvalue weighted by Gasteiger charge is 1.95. The molecule has 0 saturated heterocycles. The van der Waals surface area contributed by atoms with Gasteiger partial charge >= 0.3 is 5.97 Å². The van der Waals surface area contributed by atoms with E-state index in [1.807, 2.05) is 30.3 Å². The second-order valence-corrected chi connectivity index (χ2v) is 5.42. The van der Waals surface area contributed by atoms with Gasteiger partial charge in [-0.1, -0.05) is 102 Å². The van der Waals surface area contributed by atoms with E-state index in [4.69, 9.17) is 4.74 Å². The van der Waals surface area contributed by atoms with Gasteiger partial charge in [-0.15, -0.1) is 0 Å². The molecular weight excluding hydrogens is 272 g/mol. The van der Waals surface area contributed by atoms with Gasteiger partial charge in [0.15, 0.2) is 0 Å². The Bertz CT molecular complexity index is 363. The van der Waals surface area contributed by atoms with Gasteiger partial charge in [0, 0.05) is 6.08 Å². The van der Waals surface area contributed by atoms with Gasteiger partial charge in [-0.05, 0) is 5.56 Å². The fourth-order valence-corrected chi connectivity index (χ4v) is 1.99. The number of carbonyl (C=O) groups is 1. The van der Waals surface area contributed by atoms with E-state index in [0.717, 1.165) is 11.6 Å². The number of benzene rings is 1. The summed E-state index contributed by atoms with van der Waals surface area (Å²) in [6.07, 6.45) is 12.6. The standard InChI is InChI=1S/C10H10O2.C10H22/c1-2-10(11)12-8-9-6-4-3-5-7-9;1-3-5-7-9-10-8-6-4-2/h2-7H,1,8H2;3-10H2,1-2H3. The van der Waals surface area contributed by atoms with Crippen LogP contribution in [0, 0.1) is 0 Å². The topological polar surface area (TPSA) is 26.3 Å². The van der Waals surface area contributed by atoms with Crippen molar-refractivity contribution in [1.29, 1.82) is 0 Å². The highest BCUT2D eigenvalue weighted by molar-refractivity contribution is 5.81. The summed E-state index contributed by atoms with van der Waals surface area (Å²) >= 11 is 0. The molecule has 0 radical (unpaired) electrons. The van der Waals surface area contributed by atoms with Crippen LogP contribution in [-0.2, 0) is 16.1 Å². The molecule has 0 N–H and O–H groups in total. The van der Waals surface area contributed by atoms with Crippen molar-refractivity contribution in [1.82, 2.24) is 0 Å². The number of ether oxygens (including phenoxy) is 1. The molecule has 0 aliphatic heterocycles. The lowest BCUT2D eigenvalue weighted by molar-refractivity contribution is -0.138.